The van der Waals surface area contributed by atoms with Gasteiger partial charge in [-0.2, -0.15) is 35.1 Å². The summed E-state index contributed by atoms with van der Waals surface area (Å²) in [6.45, 7) is -3.73. The molecular weight excluding hydrogens is 551 g/mol. The van der Waals surface area contributed by atoms with E-state index >= 15 is 0 Å². The Labute approximate surface area is 192 Å². The molecule has 0 unspecified atom stereocenters. The zero-order chi connectivity index (χ0) is 25.5. The molecule has 14 heteroatoms. The van der Waals surface area contributed by atoms with Crippen molar-refractivity contribution in [1.82, 2.24) is 4.98 Å². The van der Waals surface area contributed by atoms with Gasteiger partial charge in [-0.25, -0.2) is 4.39 Å². The van der Waals surface area contributed by atoms with E-state index in [2.05, 4.69) is 31.0 Å². The van der Waals surface area contributed by atoms with E-state index in [0.717, 1.165) is 0 Å². The molecule has 0 bridgehead atoms. The molecule has 0 atom stereocenters. The summed E-state index contributed by atoms with van der Waals surface area (Å²) >= 11 is 2.60. The largest absolute Gasteiger partial charge is 0.435 e. The molecule has 1 heterocycles. The van der Waals surface area contributed by atoms with E-state index in [1.165, 1.54) is 24.4 Å². The van der Waals surface area contributed by atoms with Gasteiger partial charge in [0.1, 0.15) is 0 Å². The van der Waals surface area contributed by atoms with Gasteiger partial charge in [0.05, 0.1) is 11.2 Å². The second kappa shape index (κ2) is 8.96. The molecule has 0 fully saturated rings. The summed E-state index contributed by atoms with van der Waals surface area (Å²) in [6.07, 6.45) is -11.6. The van der Waals surface area contributed by atoms with Crippen molar-refractivity contribution in [3.05, 3.63) is 64.3 Å². The Bertz CT molecular complexity index is 1210. The first kappa shape index (κ1) is 25.6. The SMILES string of the molecule is O=C(Nc1c(Br)cc(C(F)(C(F)(F)F)C(F)(F)F)cc1OC(F)F)c1ccc2cccnc2c1. The number of carbonyl (C=O) groups excluding carboxylic acids is 1. The van der Waals surface area contributed by atoms with Gasteiger partial charge in [0.25, 0.3) is 5.91 Å². The Kier molecular flexibility index (Phi) is 6.75. The van der Waals surface area contributed by atoms with Crippen LogP contribution in [0.5, 0.6) is 5.75 Å². The van der Waals surface area contributed by atoms with Crippen molar-refractivity contribution in [2.75, 3.05) is 5.32 Å². The molecule has 0 saturated heterocycles. The lowest BCUT2D eigenvalue weighted by Crippen LogP contribution is -2.50. The van der Waals surface area contributed by atoms with Crippen LogP contribution in [0.4, 0.5) is 45.2 Å². The van der Waals surface area contributed by atoms with Gasteiger partial charge < -0.3 is 10.1 Å². The molecule has 1 amide bonds. The molecule has 0 radical (unpaired) electrons. The number of alkyl halides is 9. The highest BCUT2D eigenvalue weighted by Crippen LogP contribution is 2.55. The Hall–Kier alpha value is -3.03. The smallest absolute Gasteiger partial charge is 0.433 e. The van der Waals surface area contributed by atoms with Gasteiger partial charge in [-0.3, -0.25) is 9.78 Å². The molecule has 3 aromatic rings. The number of nitrogens with zero attached hydrogens (tertiary/aromatic N) is 1. The van der Waals surface area contributed by atoms with Crippen LogP contribution in [0.2, 0.25) is 0 Å². The molecule has 4 nitrogen and oxygen atoms in total. The maximum absolute atomic E-state index is 14.4. The molecule has 3 rings (SSSR count). The van der Waals surface area contributed by atoms with Gasteiger partial charge in [-0.1, -0.05) is 12.1 Å². The van der Waals surface area contributed by atoms with Crippen molar-refractivity contribution in [2.45, 2.75) is 24.6 Å². The normalized spacial score (nSPS) is 12.8. The number of aromatic nitrogens is 1. The van der Waals surface area contributed by atoms with Gasteiger partial charge in [0.15, 0.2) is 5.75 Å². The fourth-order valence-electron chi connectivity index (χ4n) is 2.97. The topological polar surface area (TPSA) is 51.2 Å². The van der Waals surface area contributed by atoms with Gasteiger partial charge in [0, 0.05) is 27.2 Å². The molecule has 2 aromatic carbocycles. The monoisotopic (exact) mass is 560 g/mol. The number of ether oxygens (including phenoxy) is 1. The minimum atomic E-state index is -6.49. The van der Waals surface area contributed by atoms with Crippen molar-refractivity contribution in [2.24, 2.45) is 0 Å². The van der Waals surface area contributed by atoms with Crippen LogP contribution in [-0.4, -0.2) is 29.9 Å². The fourth-order valence-corrected chi connectivity index (χ4v) is 3.51. The van der Waals surface area contributed by atoms with Gasteiger partial charge in [0.2, 0.25) is 0 Å². The molecule has 0 aliphatic heterocycles. The fraction of sp³-hybridized carbons (Fsp3) is 0.200. The summed E-state index contributed by atoms with van der Waals surface area (Å²) in [7, 11) is 0. The Morgan fingerprint density at radius 3 is 2.21 bits per heavy atom. The zero-order valence-electron chi connectivity index (χ0n) is 16.2. The summed E-state index contributed by atoms with van der Waals surface area (Å²) in [5.41, 5.74) is -8.44. The van der Waals surface area contributed by atoms with Crippen LogP contribution in [0.3, 0.4) is 0 Å². The second-order valence-electron chi connectivity index (χ2n) is 6.73. The first-order chi connectivity index (χ1) is 15.6. The number of rotatable bonds is 5. The zero-order valence-corrected chi connectivity index (χ0v) is 17.8. The molecule has 0 aliphatic rings. The van der Waals surface area contributed by atoms with E-state index in [4.69, 9.17) is 0 Å². The van der Waals surface area contributed by atoms with Crippen molar-refractivity contribution < 1.29 is 49.0 Å². The minimum Gasteiger partial charge on any atom is -0.433 e. The molecule has 0 aliphatic carbocycles. The quantitative estimate of drug-likeness (QED) is 0.337. The maximum Gasteiger partial charge on any atom is 0.435 e. The third-order valence-corrected chi connectivity index (χ3v) is 5.18. The molecule has 0 spiro atoms. The highest BCUT2D eigenvalue weighted by atomic mass is 79.9. The van der Waals surface area contributed by atoms with Crippen molar-refractivity contribution in [1.29, 1.82) is 0 Å². The standard InChI is InChI=1S/C20H10BrF9N2O2/c21-12-7-11(18(24,19(25,26)27)20(28,29)30)8-14(34-17(22)23)15(12)32-16(33)10-4-3-9-2-1-5-31-13(9)6-10/h1-8,17H,(H,32,33). The molecule has 182 valence electrons. The van der Waals surface area contributed by atoms with Gasteiger partial charge in [-0.15, -0.1) is 0 Å². The number of pyridine rings is 1. The average Bonchev–Trinajstić information content (AvgIpc) is 2.72. The summed E-state index contributed by atoms with van der Waals surface area (Å²) in [6, 6.07) is 7.29. The number of anilines is 1. The molecule has 0 saturated carbocycles. The predicted molar refractivity (Wildman–Crippen MR) is 105 cm³/mol. The van der Waals surface area contributed by atoms with Crippen LogP contribution in [0, 0.1) is 0 Å². The van der Waals surface area contributed by atoms with Crippen LogP contribution in [0.15, 0.2) is 53.1 Å². The summed E-state index contributed by atoms with van der Waals surface area (Å²) in [5.74, 6) is -2.32. The second-order valence-corrected chi connectivity index (χ2v) is 7.58. The summed E-state index contributed by atoms with van der Waals surface area (Å²) in [5, 5.41) is 2.71. The van der Waals surface area contributed by atoms with Crippen molar-refractivity contribution >= 4 is 38.4 Å². The Morgan fingerprint density at radius 2 is 1.62 bits per heavy atom. The van der Waals surface area contributed by atoms with Crippen LogP contribution in [0.25, 0.3) is 10.9 Å². The predicted octanol–water partition coefficient (Wildman–Crippen LogP) is 7.14. The number of carbonyl (C=O) groups is 1. The number of benzene rings is 2. The van der Waals surface area contributed by atoms with Gasteiger partial charge in [-0.05, 0) is 46.3 Å². The number of nitrogens with one attached hydrogen (secondary N) is 1. The number of halogens is 10. The highest BCUT2D eigenvalue weighted by molar-refractivity contribution is 9.10. The molecular formula is C20H10BrF9N2O2. The minimum absolute atomic E-state index is 0.0663. The Balaban J connectivity index is 2.09. The average molecular weight is 561 g/mol. The van der Waals surface area contributed by atoms with Crippen LogP contribution in [-0.2, 0) is 5.67 Å². The first-order valence-electron chi connectivity index (χ1n) is 8.92. The number of amides is 1. The number of hydrogen-bond acceptors (Lipinski definition) is 3. The van der Waals surface area contributed by atoms with Gasteiger partial charge >= 0.3 is 24.6 Å². The van der Waals surface area contributed by atoms with E-state index in [0.29, 0.717) is 10.9 Å². The van der Waals surface area contributed by atoms with E-state index < -0.39 is 52.0 Å². The first-order valence-corrected chi connectivity index (χ1v) is 9.72. The van der Waals surface area contributed by atoms with Crippen molar-refractivity contribution in [3.8, 4) is 5.75 Å². The number of hydrogen-bond donors (Lipinski definition) is 1. The van der Waals surface area contributed by atoms with Crippen LogP contribution in [0.1, 0.15) is 15.9 Å². The van der Waals surface area contributed by atoms with Crippen LogP contribution < -0.4 is 10.1 Å². The lowest BCUT2D eigenvalue weighted by Gasteiger charge is -2.31. The number of fused-ring (bicyclic) bond motifs is 1. The van der Waals surface area contributed by atoms with E-state index in [1.54, 1.807) is 12.1 Å². The Morgan fingerprint density at radius 1 is 0.971 bits per heavy atom. The van der Waals surface area contributed by atoms with E-state index in [9.17, 15) is 44.3 Å². The lowest BCUT2D eigenvalue weighted by atomic mass is 9.93. The summed E-state index contributed by atoms with van der Waals surface area (Å²) < 4.78 is 122. The highest BCUT2D eigenvalue weighted by Gasteiger charge is 2.73. The molecule has 1 N–H and O–H groups in total. The summed E-state index contributed by atoms with van der Waals surface area (Å²) in [4.78, 5) is 16.6. The van der Waals surface area contributed by atoms with Crippen LogP contribution >= 0.6 is 15.9 Å². The molecule has 34 heavy (non-hydrogen) atoms. The third-order valence-electron chi connectivity index (χ3n) is 4.56. The molecule has 1 aromatic heterocycles. The third kappa shape index (κ3) is 4.76. The van der Waals surface area contributed by atoms with E-state index in [1.807, 2.05) is 0 Å². The maximum atomic E-state index is 14.4. The van der Waals surface area contributed by atoms with E-state index in [-0.39, 0.29) is 17.7 Å². The lowest BCUT2D eigenvalue weighted by molar-refractivity contribution is -0.348. The van der Waals surface area contributed by atoms with Crippen molar-refractivity contribution in [3.63, 3.8) is 0 Å².